The molecule has 188 valence electrons. The number of amides is 2. The van der Waals surface area contributed by atoms with Gasteiger partial charge in [0.25, 0.3) is 11.8 Å². The van der Waals surface area contributed by atoms with Gasteiger partial charge in [0.15, 0.2) is 0 Å². The molecule has 3 aliphatic heterocycles. The van der Waals surface area contributed by atoms with Crippen LogP contribution in [0.5, 0.6) is 5.88 Å². The number of carbonyl (C=O) groups is 2. The van der Waals surface area contributed by atoms with Crippen molar-refractivity contribution in [3.05, 3.63) is 46.6 Å². The Balaban J connectivity index is 1.07. The van der Waals surface area contributed by atoms with Crippen molar-refractivity contribution >= 4 is 34.4 Å². The average Bonchev–Trinajstić information content (AvgIpc) is 3.61. The molecule has 6 rings (SSSR count). The van der Waals surface area contributed by atoms with Crippen LogP contribution in [0.15, 0.2) is 30.3 Å². The number of nitrogens with one attached hydrogen (secondary N) is 1. The number of ether oxygens (including phenoxy) is 2. The molecule has 3 aliphatic rings. The topological polar surface area (TPSA) is 114 Å². The molecular formula is C25H27ClN6O4. The number of halogens is 1. The highest BCUT2D eigenvalue weighted by Gasteiger charge is 2.43. The number of benzene rings is 1. The summed E-state index contributed by atoms with van der Waals surface area (Å²) in [5.74, 6) is 1.18. The highest BCUT2D eigenvalue weighted by atomic mass is 35.5. The van der Waals surface area contributed by atoms with E-state index in [1.165, 1.54) is 0 Å². The Morgan fingerprint density at radius 1 is 1.00 bits per heavy atom. The van der Waals surface area contributed by atoms with Gasteiger partial charge in [-0.25, -0.2) is 4.98 Å². The number of hydrogen-bond acceptors (Lipinski definition) is 7. The summed E-state index contributed by atoms with van der Waals surface area (Å²) in [6, 6.07) is 8.65. The van der Waals surface area contributed by atoms with Crippen LogP contribution < -0.4 is 4.74 Å². The van der Waals surface area contributed by atoms with Crippen LogP contribution in [0.4, 0.5) is 0 Å². The summed E-state index contributed by atoms with van der Waals surface area (Å²) in [5.41, 5.74) is 2.55. The highest BCUT2D eigenvalue weighted by molar-refractivity contribution is 6.29. The van der Waals surface area contributed by atoms with Crippen molar-refractivity contribution in [2.24, 2.45) is 17.8 Å². The third kappa shape index (κ3) is 4.62. The molecule has 36 heavy (non-hydrogen) atoms. The first-order valence-electron chi connectivity index (χ1n) is 12.3. The fourth-order valence-corrected chi connectivity index (χ4v) is 5.65. The third-order valence-electron chi connectivity index (χ3n) is 7.46. The van der Waals surface area contributed by atoms with E-state index in [2.05, 4.69) is 20.4 Å². The fraction of sp³-hybridized carbons (Fsp3) is 0.480. The number of pyridine rings is 1. The number of H-pyrrole nitrogens is 1. The number of nitrogens with zero attached hydrogens (tertiary/aromatic N) is 5. The van der Waals surface area contributed by atoms with Crippen molar-refractivity contribution < 1.29 is 19.1 Å². The van der Waals surface area contributed by atoms with Crippen molar-refractivity contribution in [3.63, 3.8) is 0 Å². The predicted octanol–water partition coefficient (Wildman–Crippen LogP) is 2.66. The number of likely N-dealkylation sites (tertiary alicyclic amines) is 2. The maximum atomic E-state index is 13.3. The van der Waals surface area contributed by atoms with Crippen molar-refractivity contribution in [1.82, 2.24) is 30.2 Å². The van der Waals surface area contributed by atoms with Gasteiger partial charge in [0.05, 0.1) is 12.1 Å². The zero-order valence-electron chi connectivity index (χ0n) is 19.7. The normalized spacial score (nSPS) is 22.2. The Bertz CT molecular complexity index is 1280. The summed E-state index contributed by atoms with van der Waals surface area (Å²) in [6.07, 6.45) is 1.91. The van der Waals surface area contributed by atoms with E-state index in [1.807, 2.05) is 15.9 Å². The van der Waals surface area contributed by atoms with Gasteiger partial charge in [-0.3, -0.25) is 14.7 Å². The van der Waals surface area contributed by atoms with E-state index < -0.39 is 0 Å². The molecule has 3 aromatic rings. The smallest absolute Gasteiger partial charge is 0.254 e. The van der Waals surface area contributed by atoms with Crippen LogP contribution in [-0.2, 0) is 4.74 Å². The van der Waals surface area contributed by atoms with Gasteiger partial charge in [-0.2, -0.15) is 0 Å². The van der Waals surface area contributed by atoms with Crippen molar-refractivity contribution in [2.75, 3.05) is 46.0 Å². The molecule has 0 saturated carbocycles. The summed E-state index contributed by atoms with van der Waals surface area (Å²) in [7, 11) is 0. The SMILES string of the molecule is O=C(c1cc(Cl)nc(OCC2CCOCC2)c1)N1C[C@H]2CN(C(=O)c3ccc4[nH]nnc4c3)C[C@@H]2C1. The molecule has 0 aliphatic carbocycles. The number of carbonyl (C=O) groups excluding carboxylic acids is 2. The lowest BCUT2D eigenvalue weighted by atomic mass is 10.0. The highest BCUT2D eigenvalue weighted by Crippen LogP contribution is 2.33. The molecule has 0 spiro atoms. The summed E-state index contributed by atoms with van der Waals surface area (Å²) in [6.45, 7) is 4.49. The van der Waals surface area contributed by atoms with E-state index >= 15 is 0 Å². The van der Waals surface area contributed by atoms with Gasteiger partial charge in [0.1, 0.15) is 10.7 Å². The van der Waals surface area contributed by atoms with Crippen LogP contribution >= 0.6 is 11.6 Å². The van der Waals surface area contributed by atoms with E-state index in [0.717, 1.165) is 31.6 Å². The predicted molar refractivity (Wildman–Crippen MR) is 131 cm³/mol. The number of hydrogen-bond donors (Lipinski definition) is 1. The molecule has 10 nitrogen and oxygen atoms in total. The van der Waals surface area contributed by atoms with E-state index in [0.29, 0.717) is 61.2 Å². The lowest BCUT2D eigenvalue weighted by molar-refractivity contribution is 0.0490. The van der Waals surface area contributed by atoms with Crippen LogP contribution in [-0.4, -0.2) is 88.0 Å². The van der Waals surface area contributed by atoms with Crippen molar-refractivity contribution in [1.29, 1.82) is 0 Å². The van der Waals surface area contributed by atoms with E-state index in [1.54, 1.807) is 24.3 Å². The molecule has 0 unspecified atom stereocenters. The lowest BCUT2D eigenvalue weighted by Gasteiger charge is -2.23. The van der Waals surface area contributed by atoms with E-state index in [-0.39, 0.29) is 28.8 Å². The minimum absolute atomic E-state index is 0.0144. The Kier molecular flexibility index (Phi) is 6.22. The van der Waals surface area contributed by atoms with Gasteiger partial charge in [-0.15, -0.1) is 5.10 Å². The average molecular weight is 511 g/mol. The molecule has 1 N–H and O–H groups in total. The third-order valence-corrected chi connectivity index (χ3v) is 7.65. The van der Waals surface area contributed by atoms with E-state index in [4.69, 9.17) is 21.1 Å². The van der Waals surface area contributed by atoms with Gasteiger partial charge >= 0.3 is 0 Å². The van der Waals surface area contributed by atoms with Crippen molar-refractivity contribution in [2.45, 2.75) is 12.8 Å². The first-order valence-corrected chi connectivity index (χ1v) is 12.7. The van der Waals surface area contributed by atoms with Gasteiger partial charge in [-0.1, -0.05) is 16.8 Å². The second-order valence-electron chi connectivity index (χ2n) is 9.87. The first-order chi connectivity index (χ1) is 17.5. The molecule has 2 aromatic heterocycles. The Labute approximate surface area is 212 Å². The Morgan fingerprint density at radius 3 is 2.42 bits per heavy atom. The molecule has 5 heterocycles. The number of aromatic nitrogens is 4. The fourth-order valence-electron chi connectivity index (χ4n) is 5.45. The van der Waals surface area contributed by atoms with E-state index in [9.17, 15) is 9.59 Å². The molecular weight excluding hydrogens is 484 g/mol. The molecule has 1 aromatic carbocycles. The standard InChI is InChI=1S/C25H27ClN6O4/c26-22-8-17(9-23(27-22)36-14-15-3-5-35-6-4-15)25(34)32-12-18-10-31(11-19(18)13-32)24(33)16-1-2-20-21(7-16)29-30-28-20/h1-2,7-9,15,18-19H,3-6,10-14H2,(H,28,29,30)/t18-,19-/m1/s1. The van der Waals surface area contributed by atoms with Crippen LogP contribution in [0.1, 0.15) is 33.6 Å². The monoisotopic (exact) mass is 510 g/mol. The summed E-state index contributed by atoms with van der Waals surface area (Å²) in [5, 5.41) is 10.8. The summed E-state index contributed by atoms with van der Waals surface area (Å²) >= 11 is 6.22. The molecule has 0 radical (unpaired) electrons. The number of fused-ring (bicyclic) bond motifs is 2. The zero-order valence-corrected chi connectivity index (χ0v) is 20.5. The molecule has 2 amide bonds. The maximum absolute atomic E-state index is 13.3. The molecule has 3 fully saturated rings. The Hall–Kier alpha value is -3.24. The van der Waals surface area contributed by atoms with Gasteiger partial charge in [-0.05, 0) is 43.0 Å². The van der Waals surface area contributed by atoms with Gasteiger partial charge < -0.3 is 19.3 Å². The van der Waals surface area contributed by atoms with Crippen LogP contribution in [0.25, 0.3) is 11.0 Å². The molecule has 0 bridgehead atoms. The Morgan fingerprint density at radius 2 is 1.69 bits per heavy atom. The van der Waals surface area contributed by atoms with Crippen molar-refractivity contribution in [3.8, 4) is 5.88 Å². The minimum atomic E-state index is -0.0843. The van der Waals surface area contributed by atoms with Gasteiger partial charge in [0, 0.05) is 68.4 Å². The quantitative estimate of drug-likeness (QED) is 0.525. The largest absolute Gasteiger partial charge is 0.477 e. The number of aromatic amines is 1. The summed E-state index contributed by atoms with van der Waals surface area (Å²) < 4.78 is 11.3. The van der Waals surface area contributed by atoms with Crippen LogP contribution in [0.3, 0.4) is 0 Å². The molecule has 3 saturated heterocycles. The zero-order chi connectivity index (χ0) is 24.6. The molecule has 11 heteroatoms. The second kappa shape index (κ2) is 9.67. The van der Waals surface area contributed by atoms with Gasteiger partial charge in [0.2, 0.25) is 5.88 Å². The minimum Gasteiger partial charge on any atom is -0.477 e. The lowest BCUT2D eigenvalue weighted by Crippen LogP contribution is -2.35. The molecule has 2 atom stereocenters. The first kappa shape index (κ1) is 23.2. The number of rotatable bonds is 5. The maximum Gasteiger partial charge on any atom is 0.254 e. The van der Waals surface area contributed by atoms with Crippen LogP contribution in [0, 0.1) is 17.8 Å². The summed E-state index contributed by atoms with van der Waals surface area (Å²) in [4.78, 5) is 34.3. The van der Waals surface area contributed by atoms with Crippen LogP contribution in [0.2, 0.25) is 5.15 Å². The second-order valence-corrected chi connectivity index (χ2v) is 10.3.